The summed E-state index contributed by atoms with van der Waals surface area (Å²) in [6.45, 7) is 3.31. The van der Waals surface area contributed by atoms with Crippen LogP contribution in [0.1, 0.15) is 6.92 Å². The highest BCUT2D eigenvalue weighted by Gasteiger charge is 2.26. The summed E-state index contributed by atoms with van der Waals surface area (Å²) in [6, 6.07) is 0. The van der Waals surface area contributed by atoms with E-state index < -0.39 is 0 Å². The lowest BCUT2D eigenvalue weighted by atomic mass is 10.2. The smallest absolute Gasteiger partial charge is 0.208 e. The van der Waals surface area contributed by atoms with Gasteiger partial charge in [0.2, 0.25) is 5.96 Å². The van der Waals surface area contributed by atoms with E-state index in [0.29, 0.717) is 12.5 Å². The molecule has 0 amide bonds. The number of hydrogen-bond donors (Lipinski definition) is 3. The second-order valence-electron chi connectivity index (χ2n) is 3.35. The second kappa shape index (κ2) is 5.14. The maximum atomic E-state index is 9.01. The topological polar surface area (TPSA) is 83.1 Å². The molecular formula is C8H18N4O2. The average molecular weight is 202 g/mol. The van der Waals surface area contributed by atoms with E-state index in [2.05, 4.69) is 10.4 Å². The number of rotatable bonds is 1. The van der Waals surface area contributed by atoms with Crippen molar-refractivity contribution >= 4 is 5.96 Å². The van der Waals surface area contributed by atoms with E-state index in [1.165, 1.54) is 0 Å². The van der Waals surface area contributed by atoms with Crippen LogP contribution < -0.4 is 11.3 Å². The number of guanidine groups is 1. The number of hydrogen-bond acceptors (Lipinski definition) is 4. The molecule has 14 heavy (non-hydrogen) atoms. The maximum absolute atomic E-state index is 9.01. The SMILES string of the molecule is CN=C(NN)N1CC(C)OC(CO)C1. The zero-order chi connectivity index (χ0) is 10.6. The predicted octanol–water partition coefficient (Wildman–Crippen LogP) is -1.48. The minimum atomic E-state index is -0.163. The Morgan fingerprint density at radius 3 is 2.93 bits per heavy atom. The van der Waals surface area contributed by atoms with Crippen molar-refractivity contribution < 1.29 is 9.84 Å². The maximum Gasteiger partial charge on any atom is 0.208 e. The Labute approximate surface area is 83.7 Å². The summed E-state index contributed by atoms with van der Waals surface area (Å²) in [5.41, 5.74) is 2.53. The fraction of sp³-hybridized carbons (Fsp3) is 0.875. The van der Waals surface area contributed by atoms with Crippen LogP contribution in [-0.4, -0.2) is 54.9 Å². The molecule has 2 atom stereocenters. The molecule has 6 heteroatoms. The number of nitrogens with one attached hydrogen (secondary N) is 1. The third-order valence-electron chi connectivity index (χ3n) is 2.17. The van der Waals surface area contributed by atoms with E-state index in [1.54, 1.807) is 7.05 Å². The quantitative estimate of drug-likeness (QED) is 0.209. The first-order valence-electron chi connectivity index (χ1n) is 4.66. The van der Waals surface area contributed by atoms with Gasteiger partial charge in [0.15, 0.2) is 0 Å². The van der Waals surface area contributed by atoms with Crippen LogP contribution >= 0.6 is 0 Å². The summed E-state index contributed by atoms with van der Waals surface area (Å²) in [4.78, 5) is 5.97. The van der Waals surface area contributed by atoms with E-state index >= 15 is 0 Å². The van der Waals surface area contributed by atoms with Gasteiger partial charge in [0.25, 0.3) is 0 Å². The molecule has 6 nitrogen and oxygen atoms in total. The largest absolute Gasteiger partial charge is 0.394 e. The van der Waals surface area contributed by atoms with Crippen LogP contribution in [0.4, 0.5) is 0 Å². The van der Waals surface area contributed by atoms with Crippen molar-refractivity contribution in [2.45, 2.75) is 19.1 Å². The number of ether oxygens (including phenoxy) is 1. The Hall–Kier alpha value is -0.850. The van der Waals surface area contributed by atoms with Crippen molar-refractivity contribution in [3.05, 3.63) is 0 Å². The van der Waals surface area contributed by atoms with Crippen molar-refractivity contribution in [1.29, 1.82) is 0 Å². The molecule has 82 valence electrons. The minimum Gasteiger partial charge on any atom is -0.394 e. The number of morpholine rings is 1. The van der Waals surface area contributed by atoms with Crippen LogP contribution in [0, 0.1) is 0 Å². The molecule has 1 saturated heterocycles. The van der Waals surface area contributed by atoms with Gasteiger partial charge in [-0.1, -0.05) is 0 Å². The highest BCUT2D eigenvalue weighted by Crippen LogP contribution is 2.10. The van der Waals surface area contributed by atoms with Gasteiger partial charge < -0.3 is 14.7 Å². The third-order valence-corrected chi connectivity index (χ3v) is 2.17. The van der Waals surface area contributed by atoms with Crippen LogP contribution in [-0.2, 0) is 4.74 Å². The summed E-state index contributed by atoms with van der Waals surface area (Å²) in [5.74, 6) is 5.94. The molecule has 0 bridgehead atoms. The zero-order valence-corrected chi connectivity index (χ0v) is 8.60. The van der Waals surface area contributed by atoms with Crippen LogP contribution in [0.3, 0.4) is 0 Å². The van der Waals surface area contributed by atoms with Crippen molar-refractivity contribution in [1.82, 2.24) is 10.3 Å². The van der Waals surface area contributed by atoms with E-state index in [9.17, 15) is 0 Å². The van der Waals surface area contributed by atoms with Crippen LogP contribution in [0.5, 0.6) is 0 Å². The van der Waals surface area contributed by atoms with Gasteiger partial charge in [-0.25, -0.2) is 5.84 Å². The Morgan fingerprint density at radius 2 is 2.43 bits per heavy atom. The lowest BCUT2D eigenvalue weighted by molar-refractivity contribution is -0.0792. The summed E-state index contributed by atoms with van der Waals surface area (Å²) >= 11 is 0. The highest BCUT2D eigenvalue weighted by molar-refractivity contribution is 5.79. The molecule has 0 aliphatic carbocycles. The Kier molecular flexibility index (Phi) is 4.12. The summed E-state index contributed by atoms with van der Waals surface area (Å²) < 4.78 is 5.49. The van der Waals surface area contributed by atoms with E-state index in [4.69, 9.17) is 15.7 Å². The Bertz CT molecular complexity index is 210. The first-order chi connectivity index (χ1) is 6.71. The van der Waals surface area contributed by atoms with Gasteiger partial charge in [0.1, 0.15) is 0 Å². The lowest BCUT2D eigenvalue weighted by Crippen LogP contribution is -2.55. The highest BCUT2D eigenvalue weighted by atomic mass is 16.5. The van der Waals surface area contributed by atoms with Crippen molar-refractivity contribution in [3.8, 4) is 0 Å². The molecule has 0 aromatic heterocycles. The lowest BCUT2D eigenvalue weighted by Gasteiger charge is -2.37. The molecular weight excluding hydrogens is 184 g/mol. The molecule has 4 N–H and O–H groups in total. The molecule has 1 rings (SSSR count). The van der Waals surface area contributed by atoms with Crippen LogP contribution in [0.2, 0.25) is 0 Å². The number of aliphatic imine (C=N–C) groups is 1. The zero-order valence-electron chi connectivity index (χ0n) is 8.60. The van der Waals surface area contributed by atoms with Gasteiger partial charge in [-0.15, -0.1) is 0 Å². The number of nitrogens with two attached hydrogens (primary N) is 1. The van der Waals surface area contributed by atoms with Crippen LogP contribution in [0.25, 0.3) is 0 Å². The first-order valence-corrected chi connectivity index (χ1v) is 4.66. The number of aliphatic hydroxyl groups excluding tert-OH is 1. The normalized spacial score (nSPS) is 29.1. The molecule has 2 unspecified atom stereocenters. The third kappa shape index (κ3) is 2.57. The summed E-state index contributed by atoms with van der Waals surface area (Å²) in [6.07, 6.45) is -0.0881. The molecule has 1 fully saturated rings. The minimum absolute atomic E-state index is 0.0163. The fourth-order valence-corrected chi connectivity index (χ4v) is 1.62. The summed E-state index contributed by atoms with van der Waals surface area (Å²) in [7, 11) is 1.67. The summed E-state index contributed by atoms with van der Waals surface area (Å²) in [5, 5.41) is 9.01. The van der Waals surface area contributed by atoms with Gasteiger partial charge in [-0.3, -0.25) is 10.4 Å². The van der Waals surface area contributed by atoms with Gasteiger partial charge in [-0.05, 0) is 6.92 Å². The number of nitrogens with zero attached hydrogens (tertiary/aromatic N) is 2. The van der Waals surface area contributed by atoms with Crippen molar-refractivity contribution in [3.63, 3.8) is 0 Å². The van der Waals surface area contributed by atoms with Crippen LogP contribution in [0.15, 0.2) is 4.99 Å². The van der Waals surface area contributed by atoms with Gasteiger partial charge in [-0.2, -0.15) is 0 Å². The molecule has 0 saturated carbocycles. The van der Waals surface area contributed by atoms with Gasteiger partial charge in [0, 0.05) is 20.1 Å². The first kappa shape index (κ1) is 11.2. The second-order valence-corrected chi connectivity index (χ2v) is 3.35. The molecule has 0 radical (unpaired) electrons. The molecule has 0 aromatic rings. The molecule has 0 spiro atoms. The Balaban J connectivity index is 2.60. The van der Waals surface area contributed by atoms with E-state index in [1.807, 2.05) is 11.8 Å². The molecule has 1 aliphatic heterocycles. The fourth-order valence-electron chi connectivity index (χ4n) is 1.62. The number of aliphatic hydroxyl groups is 1. The van der Waals surface area contributed by atoms with Gasteiger partial charge in [0.05, 0.1) is 18.8 Å². The average Bonchev–Trinajstić information content (AvgIpc) is 2.19. The molecule has 1 heterocycles. The standard InChI is InChI=1S/C8H18N4O2/c1-6-3-12(8(10-2)11-9)4-7(5-13)14-6/h6-7,13H,3-5,9H2,1-2H3,(H,10,11). The van der Waals surface area contributed by atoms with E-state index in [0.717, 1.165) is 6.54 Å². The molecule has 1 aliphatic rings. The predicted molar refractivity (Wildman–Crippen MR) is 53.7 cm³/mol. The van der Waals surface area contributed by atoms with Crippen molar-refractivity contribution in [2.24, 2.45) is 10.8 Å². The van der Waals surface area contributed by atoms with Crippen molar-refractivity contribution in [2.75, 3.05) is 26.7 Å². The van der Waals surface area contributed by atoms with E-state index in [-0.39, 0.29) is 18.8 Å². The van der Waals surface area contributed by atoms with Gasteiger partial charge >= 0.3 is 0 Å². The monoisotopic (exact) mass is 202 g/mol. The molecule has 0 aromatic carbocycles. The Morgan fingerprint density at radius 1 is 1.71 bits per heavy atom. The number of hydrazine groups is 1.